The minimum atomic E-state index is -0.173. The standard InChI is InChI=1S/C14H14N4OS/c15-13(20)6-7-18(12-4-2-1-3-5-12)14(19)11-8-16-10-17-9-11/h1-5,8-10H,6-7H2,(H2,15,20). The Morgan fingerprint density at radius 3 is 2.45 bits per heavy atom. The Kier molecular flexibility index (Phi) is 4.73. The number of carbonyl (C=O) groups excluding carboxylic acids is 1. The molecule has 6 heteroatoms. The smallest absolute Gasteiger partial charge is 0.261 e. The van der Waals surface area contributed by atoms with Gasteiger partial charge in [-0.2, -0.15) is 0 Å². The fourth-order valence-electron chi connectivity index (χ4n) is 1.74. The molecular weight excluding hydrogens is 272 g/mol. The lowest BCUT2D eigenvalue weighted by Crippen LogP contribution is -2.33. The van der Waals surface area contributed by atoms with Crippen LogP contribution in [0.2, 0.25) is 0 Å². The maximum Gasteiger partial charge on any atom is 0.261 e. The Morgan fingerprint density at radius 1 is 1.20 bits per heavy atom. The lowest BCUT2D eigenvalue weighted by atomic mass is 10.2. The summed E-state index contributed by atoms with van der Waals surface area (Å²) in [7, 11) is 0. The van der Waals surface area contributed by atoms with Gasteiger partial charge in [-0.1, -0.05) is 30.4 Å². The number of amides is 1. The fraction of sp³-hybridized carbons (Fsp3) is 0.143. The van der Waals surface area contributed by atoms with Crippen LogP contribution in [0.1, 0.15) is 16.8 Å². The van der Waals surface area contributed by atoms with Crippen LogP contribution in [-0.4, -0.2) is 27.4 Å². The molecule has 0 bridgehead atoms. The molecule has 102 valence electrons. The number of rotatable bonds is 5. The van der Waals surface area contributed by atoms with Crippen molar-refractivity contribution in [1.29, 1.82) is 0 Å². The van der Waals surface area contributed by atoms with Gasteiger partial charge in [0.05, 0.1) is 10.6 Å². The first kappa shape index (κ1) is 14.1. The number of hydrogen-bond acceptors (Lipinski definition) is 4. The second-order valence-corrected chi connectivity index (χ2v) is 4.66. The van der Waals surface area contributed by atoms with Crippen molar-refractivity contribution in [3.63, 3.8) is 0 Å². The lowest BCUT2D eigenvalue weighted by Gasteiger charge is -2.22. The molecule has 1 aromatic heterocycles. The van der Waals surface area contributed by atoms with Crippen molar-refractivity contribution in [3.05, 3.63) is 54.6 Å². The van der Waals surface area contributed by atoms with Gasteiger partial charge >= 0.3 is 0 Å². The second-order valence-electron chi connectivity index (χ2n) is 4.14. The van der Waals surface area contributed by atoms with E-state index in [2.05, 4.69) is 9.97 Å². The van der Waals surface area contributed by atoms with Crippen molar-refractivity contribution >= 4 is 28.8 Å². The van der Waals surface area contributed by atoms with Gasteiger partial charge in [-0.25, -0.2) is 9.97 Å². The molecule has 1 aromatic carbocycles. The molecule has 2 aromatic rings. The first-order valence-electron chi connectivity index (χ1n) is 6.08. The van der Waals surface area contributed by atoms with Gasteiger partial charge in [0.25, 0.3) is 5.91 Å². The summed E-state index contributed by atoms with van der Waals surface area (Å²) in [4.78, 5) is 22.3. The summed E-state index contributed by atoms with van der Waals surface area (Å²) < 4.78 is 0. The van der Waals surface area contributed by atoms with Crippen LogP contribution in [-0.2, 0) is 0 Å². The highest BCUT2D eigenvalue weighted by atomic mass is 32.1. The normalized spacial score (nSPS) is 10.0. The molecule has 0 spiro atoms. The predicted octanol–water partition coefficient (Wildman–Crippen LogP) is 1.80. The highest BCUT2D eigenvalue weighted by Gasteiger charge is 2.18. The van der Waals surface area contributed by atoms with Gasteiger partial charge in [-0.3, -0.25) is 4.79 Å². The average molecular weight is 286 g/mol. The van der Waals surface area contributed by atoms with Gasteiger partial charge in [0.15, 0.2) is 0 Å². The van der Waals surface area contributed by atoms with E-state index in [1.54, 1.807) is 4.90 Å². The molecule has 1 heterocycles. The summed E-state index contributed by atoms with van der Waals surface area (Å²) in [5, 5.41) is 0. The van der Waals surface area contributed by atoms with Crippen molar-refractivity contribution in [1.82, 2.24) is 9.97 Å². The molecule has 1 amide bonds. The van der Waals surface area contributed by atoms with Crippen LogP contribution in [0.5, 0.6) is 0 Å². The van der Waals surface area contributed by atoms with Gasteiger partial charge in [0, 0.05) is 31.0 Å². The Balaban J connectivity index is 2.27. The predicted molar refractivity (Wildman–Crippen MR) is 81.6 cm³/mol. The maximum atomic E-state index is 12.5. The van der Waals surface area contributed by atoms with Crippen LogP contribution in [0.25, 0.3) is 0 Å². The molecule has 0 aliphatic carbocycles. The maximum absolute atomic E-state index is 12.5. The number of carbonyl (C=O) groups is 1. The highest BCUT2D eigenvalue weighted by Crippen LogP contribution is 2.16. The van der Waals surface area contributed by atoms with Gasteiger partial charge < -0.3 is 10.6 Å². The summed E-state index contributed by atoms with van der Waals surface area (Å²) in [6.45, 7) is 0.424. The largest absolute Gasteiger partial charge is 0.393 e. The number of nitrogens with zero attached hydrogens (tertiary/aromatic N) is 3. The topological polar surface area (TPSA) is 72.1 Å². The number of hydrogen-bond donors (Lipinski definition) is 1. The zero-order chi connectivity index (χ0) is 14.4. The number of aromatic nitrogens is 2. The molecule has 0 saturated carbocycles. The quantitative estimate of drug-likeness (QED) is 0.849. The zero-order valence-corrected chi connectivity index (χ0v) is 11.6. The van der Waals surface area contributed by atoms with E-state index in [0.717, 1.165) is 5.69 Å². The fourth-order valence-corrected chi connectivity index (χ4v) is 1.83. The van der Waals surface area contributed by atoms with E-state index in [1.807, 2.05) is 30.3 Å². The van der Waals surface area contributed by atoms with Crippen LogP contribution in [0.15, 0.2) is 49.1 Å². The molecule has 0 aliphatic heterocycles. The summed E-state index contributed by atoms with van der Waals surface area (Å²) in [5.74, 6) is -0.173. The number of nitrogens with two attached hydrogens (primary N) is 1. The van der Waals surface area contributed by atoms with Crippen molar-refractivity contribution < 1.29 is 4.79 Å². The molecule has 0 atom stereocenters. The number of thiocarbonyl (C=S) groups is 1. The molecule has 20 heavy (non-hydrogen) atoms. The van der Waals surface area contributed by atoms with E-state index >= 15 is 0 Å². The number of benzene rings is 1. The van der Waals surface area contributed by atoms with E-state index in [0.29, 0.717) is 23.5 Å². The number of para-hydroxylation sites is 1. The third-order valence-electron chi connectivity index (χ3n) is 2.70. The first-order valence-corrected chi connectivity index (χ1v) is 6.49. The molecular formula is C14H14N4OS. The summed E-state index contributed by atoms with van der Waals surface area (Å²) in [6.07, 6.45) is 4.83. The SMILES string of the molecule is NC(=S)CCN(C(=O)c1cncnc1)c1ccccc1. The summed E-state index contributed by atoms with van der Waals surface area (Å²) in [5.41, 5.74) is 6.75. The van der Waals surface area contributed by atoms with Crippen LogP contribution >= 0.6 is 12.2 Å². The van der Waals surface area contributed by atoms with E-state index in [-0.39, 0.29) is 5.91 Å². The Hall–Kier alpha value is -2.34. The van der Waals surface area contributed by atoms with Gasteiger partial charge in [0.2, 0.25) is 0 Å². The average Bonchev–Trinajstić information content (AvgIpc) is 2.49. The van der Waals surface area contributed by atoms with E-state index in [9.17, 15) is 4.79 Å². The monoisotopic (exact) mass is 286 g/mol. The highest BCUT2D eigenvalue weighted by molar-refractivity contribution is 7.80. The van der Waals surface area contributed by atoms with Crippen molar-refractivity contribution in [2.24, 2.45) is 5.73 Å². The molecule has 0 fully saturated rings. The molecule has 2 rings (SSSR count). The molecule has 2 N–H and O–H groups in total. The summed E-state index contributed by atoms with van der Waals surface area (Å²) >= 11 is 4.88. The van der Waals surface area contributed by atoms with Crippen molar-refractivity contribution in [2.75, 3.05) is 11.4 Å². The molecule has 0 unspecified atom stereocenters. The molecule has 0 radical (unpaired) electrons. The third-order valence-corrected chi connectivity index (χ3v) is 2.91. The Labute approximate surface area is 122 Å². The van der Waals surface area contributed by atoms with E-state index < -0.39 is 0 Å². The summed E-state index contributed by atoms with van der Waals surface area (Å²) in [6, 6.07) is 9.36. The molecule has 0 aliphatic rings. The second kappa shape index (κ2) is 6.72. The molecule has 0 saturated heterocycles. The van der Waals surface area contributed by atoms with Crippen LogP contribution < -0.4 is 10.6 Å². The Bertz CT molecular complexity index is 589. The van der Waals surface area contributed by atoms with Crippen LogP contribution in [0.3, 0.4) is 0 Å². The van der Waals surface area contributed by atoms with E-state index in [1.165, 1.54) is 18.7 Å². The molecule has 5 nitrogen and oxygen atoms in total. The minimum Gasteiger partial charge on any atom is -0.393 e. The van der Waals surface area contributed by atoms with Crippen molar-refractivity contribution in [3.8, 4) is 0 Å². The zero-order valence-electron chi connectivity index (χ0n) is 10.8. The first-order chi connectivity index (χ1) is 9.68. The van der Waals surface area contributed by atoms with Crippen LogP contribution in [0, 0.1) is 0 Å². The minimum absolute atomic E-state index is 0.173. The Morgan fingerprint density at radius 2 is 1.85 bits per heavy atom. The lowest BCUT2D eigenvalue weighted by molar-refractivity contribution is 0.0987. The van der Waals surface area contributed by atoms with Gasteiger partial charge in [-0.05, 0) is 12.1 Å². The number of anilines is 1. The van der Waals surface area contributed by atoms with Crippen molar-refractivity contribution in [2.45, 2.75) is 6.42 Å². The van der Waals surface area contributed by atoms with Crippen LogP contribution in [0.4, 0.5) is 5.69 Å². The van der Waals surface area contributed by atoms with Gasteiger partial charge in [-0.15, -0.1) is 0 Å². The third kappa shape index (κ3) is 3.58. The van der Waals surface area contributed by atoms with Gasteiger partial charge in [0.1, 0.15) is 6.33 Å². The van der Waals surface area contributed by atoms with E-state index in [4.69, 9.17) is 18.0 Å².